The molecule has 0 aliphatic heterocycles. The van der Waals surface area contributed by atoms with Crippen LogP contribution in [0.25, 0.3) is 11.0 Å². The second-order valence-electron chi connectivity index (χ2n) is 6.87. The van der Waals surface area contributed by atoms with Gasteiger partial charge in [-0.05, 0) is 57.4 Å². The molecule has 0 bridgehead atoms. The lowest BCUT2D eigenvalue weighted by molar-refractivity contribution is 0.102. The fraction of sp³-hybridized carbons (Fsp3) is 0.381. The van der Waals surface area contributed by atoms with E-state index in [1.807, 2.05) is 56.6 Å². The predicted octanol–water partition coefficient (Wildman–Crippen LogP) is 4.72. The van der Waals surface area contributed by atoms with Crippen LogP contribution in [0, 0.1) is 27.7 Å². The van der Waals surface area contributed by atoms with Crippen molar-refractivity contribution in [2.45, 2.75) is 54.0 Å². The average Bonchev–Trinajstić information content (AvgIpc) is 2.92. The molecule has 0 fully saturated rings. The molecule has 0 unspecified atom stereocenters. The van der Waals surface area contributed by atoms with Gasteiger partial charge in [-0.15, -0.1) is 0 Å². The smallest absolute Gasteiger partial charge is 0.256 e. The number of amides is 1. The lowest BCUT2D eigenvalue weighted by Gasteiger charge is -2.11. The van der Waals surface area contributed by atoms with Crippen molar-refractivity contribution in [1.82, 2.24) is 14.8 Å². The molecule has 26 heavy (non-hydrogen) atoms. The number of fused-ring (bicyclic) bond motifs is 1. The molecule has 3 rings (SSSR count). The molecule has 5 heteroatoms. The molecule has 5 nitrogen and oxygen atoms in total. The fourth-order valence-corrected chi connectivity index (χ4v) is 3.20. The normalized spacial score (nSPS) is 11.1. The maximum absolute atomic E-state index is 13.0. The molecule has 0 spiro atoms. The number of unbranched alkanes of at least 4 members (excludes halogenated alkanes) is 1. The van der Waals surface area contributed by atoms with E-state index in [1.54, 1.807) is 0 Å². The van der Waals surface area contributed by atoms with Gasteiger partial charge >= 0.3 is 0 Å². The second-order valence-corrected chi connectivity index (χ2v) is 6.87. The number of rotatable bonds is 5. The predicted molar refractivity (Wildman–Crippen MR) is 106 cm³/mol. The Labute approximate surface area is 154 Å². The Morgan fingerprint density at radius 2 is 1.96 bits per heavy atom. The van der Waals surface area contributed by atoms with Gasteiger partial charge in [0, 0.05) is 17.9 Å². The molecule has 3 aromatic rings. The van der Waals surface area contributed by atoms with E-state index < -0.39 is 0 Å². The maximum atomic E-state index is 13.0. The van der Waals surface area contributed by atoms with E-state index in [4.69, 9.17) is 0 Å². The van der Waals surface area contributed by atoms with Gasteiger partial charge in [-0.3, -0.25) is 4.79 Å². The van der Waals surface area contributed by atoms with Crippen molar-refractivity contribution in [2.75, 3.05) is 5.32 Å². The number of pyridine rings is 1. The first-order valence-corrected chi connectivity index (χ1v) is 9.14. The molecular formula is C21H26N4O. The summed E-state index contributed by atoms with van der Waals surface area (Å²) in [5.74, 6) is -0.118. The van der Waals surface area contributed by atoms with E-state index in [1.165, 1.54) is 0 Å². The molecule has 0 saturated carbocycles. The van der Waals surface area contributed by atoms with Gasteiger partial charge in [0.25, 0.3) is 5.91 Å². The summed E-state index contributed by atoms with van der Waals surface area (Å²) >= 11 is 0. The van der Waals surface area contributed by atoms with Crippen LogP contribution in [0.1, 0.15) is 52.6 Å². The van der Waals surface area contributed by atoms with E-state index in [2.05, 4.69) is 22.3 Å². The number of aryl methyl sites for hydroxylation is 4. The zero-order valence-corrected chi connectivity index (χ0v) is 16.2. The van der Waals surface area contributed by atoms with E-state index in [0.717, 1.165) is 58.6 Å². The topological polar surface area (TPSA) is 59.8 Å². The van der Waals surface area contributed by atoms with Crippen molar-refractivity contribution in [3.05, 3.63) is 52.3 Å². The Morgan fingerprint density at radius 1 is 1.19 bits per heavy atom. The molecule has 0 aliphatic rings. The van der Waals surface area contributed by atoms with Crippen LogP contribution in [0.3, 0.4) is 0 Å². The molecule has 2 heterocycles. The molecule has 0 saturated heterocycles. The summed E-state index contributed by atoms with van der Waals surface area (Å²) in [5.41, 5.74) is 6.17. The van der Waals surface area contributed by atoms with Gasteiger partial charge in [0.1, 0.15) is 0 Å². The van der Waals surface area contributed by atoms with Gasteiger partial charge in [-0.25, -0.2) is 9.67 Å². The Kier molecular flexibility index (Phi) is 5.07. The van der Waals surface area contributed by atoms with E-state index in [-0.39, 0.29) is 5.91 Å². The van der Waals surface area contributed by atoms with E-state index >= 15 is 0 Å². The summed E-state index contributed by atoms with van der Waals surface area (Å²) in [4.78, 5) is 17.7. The number of hydrogen-bond donors (Lipinski definition) is 1. The van der Waals surface area contributed by atoms with Crippen LogP contribution in [0.15, 0.2) is 24.3 Å². The lowest BCUT2D eigenvalue weighted by atomic mass is 10.1. The molecule has 1 amide bonds. The Balaban J connectivity index is 2.05. The number of carbonyl (C=O) groups excluding carboxylic acids is 1. The largest absolute Gasteiger partial charge is 0.322 e. The van der Waals surface area contributed by atoms with Crippen LogP contribution < -0.4 is 5.32 Å². The molecule has 136 valence electrons. The summed E-state index contributed by atoms with van der Waals surface area (Å²) in [6.07, 6.45) is 2.13. The molecule has 1 N–H and O–H groups in total. The standard InChI is InChI=1S/C21H26N4O/c1-6-7-11-25-20-19(16(5)24-25)17(12-14(3)22-20)21(26)23-18-10-8-9-13(2)15(18)4/h8-10,12H,6-7,11H2,1-5H3,(H,23,26). The molecule has 0 radical (unpaired) electrons. The Hall–Kier alpha value is -2.69. The number of benzene rings is 1. The van der Waals surface area contributed by atoms with Gasteiger partial charge in [-0.1, -0.05) is 25.5 Å². The Bertz CT molecular complexity index is 972. The van der Waals surface area contributed by atoms with Crippen molar-refractivity contribution >= 4 is 22.6 Å². The van der Waals surface area contributed by atoms with Crippen molar-refractivity contribution in [3.63, 3.8) is 0 Å². The summed E-state index contributed by atoms with van der Waals surface area (Å²) in [7, 11) is 0. The first kappa shape index (κ1) is 18.1. The van der Waals surface area contributed by atoms with Gasteiger partial charge < -0.3 is 5.32 Å². The zero-order valence-electron chi connectivity index (χ0n) is 16.2. The van der Waals surface area contributed by atoms with Gasteiger partial charge in [0.05, 0.1) is 16.6 Å². The number of nitrogens with one attached hydrogen (secondary N) is 1. The molecule has 0 atom stereocenters. The van der Waals surface area contributed by atoms with Crippen LogP contribution in [0.5, 0.6) is 0 Å². The van der Waals surface area contributed by atoms with Crippen molar-refractivity contribution in [1.29, 1.82) is 0 Å². The average molecular weight is 350 g/mol. The summed E-state index contributed by atoms with van der Waals surface area (Å²) in [6, 6.07) is 7.78. The fourth-order valence-electron chi connectivity index (χ4n) is 3.20. The van der Waals surface area contributed by atoms with Crippen molar-refractivity contribution in [2.24, 2.45) is 0 Å². The third kappa shape index (κ3) is 3.34. The first-order valence-electron chi connectivity index (χ1n) is 9.14. The molecular weight excluding hydrogens is 324 g/mol. The minimum atomic E-state index is -0.118. The first-order chi connectivity index (χ1) is 12.4. The number of nitrogens with zero attached hydrogens (tertiary/aromatic N) is 3. The number of carbonyl (C=O) groups is 1. The highest BCUT2D eigenvalue weighted by Crippen LogP contribution is 2.25. The SMILES string of the molecule is CCCCn1nc(C)c2c(C(=O)Nc3cccc(C)c3C)cc(C)nc21. The highest BCUT2D eigenvalue weighted by Gasteiger charge is 2.19. The maximum Gasteiger partial charge on any atom is 0.256 e. The minimum Gasteiger partial charge on any atom is -0.322 e. The van der Waals surface area contributed by atoms with Crippen LogP contribution in [0.2, 0.25) is 0 Å². The molecule has 0 aliphatic carbocycles. The second kappa shape index (κ2) is 7.28. The summed E-state index contributed by atoms with van der Waals surface area (Å²) in [6.45, 7) is 10.9. The van der Waals surface area contributed by atoms with Crippen LogP contribution in [-0.4, -0.2) is 20.7 Å². The van der Waals surface area contributed by atoms with E-state index in [0.29, 0.717) is 5.56 Å². The quantitative estimate of drug-likeness (QED) is 0.724. The molecule has 1 aromatic carbocycles. The monoisotopic (exact) mass is 350 g/mol. The number of anilines is 1. The van der Waals surface area contributed by atoms with Crippen molar-refractivity contribution < 1.29 is 4.79 Å². The van der Waals surface area contributed by atoms with Crippen molar-refractivity contribution in [3.8, 4) is 0 Å². The molecule has 2 aromatic heterocycles. The highest BCUT2D eigenvalue weighted by molar-refractivity contribution is 6.13. The van der Waals surface area contributed by atoms with Gasteiger partial charge in [0.15, 0.2) is 5.65 Å². The number of aromatic nitrogens is 3. The summed E-state index contributed by atoms with van der Waals surface area (Å²) < 4.78 is 1.93. The summed E-state index contributed by atoms with van der Waals surface area (Å²) in [5, 5.41) is 8.53. The zero-order chi connectivity index (χ0) is 18.8. The minimum absolute atomic E-state index is 0.118. The third-order valence-electron chi connectivity index (χ3n) is 4.83. The van der Waals surface area contributed by atoms with Crippen LogP contribution >= 0.6 is 0 Å². The number of hydrogen-bond acceptors (Lipinski definition) is 3. The van der Waals surface area contributed by atoms with Crippen LogP contribution in [0.4, 0.5) is 5.69 Å². The van der Waals surface area contributed by atoms with Crippen LogP contribution in [-0.2, 0) is 6.54 Å². The highest BCUT2D eigenvalue weighted by atomic mass is 16.1. The Morgan fingerprint density at radius 3 is 2.69 bits per heavy atom. The third-order valence-corrected chi connectivity index (χ3v) is 4.83. The van der Waals surface area contributed by atoms with E-state index in [9.17, 15) is 4.79 Å². The van der Waals surface area contributed by atoms with Gasteiger partial charge in [0.2, 0.25) is 0 Å². The lowest BCUT2D eigenvalue weighted by Crippen LogP contribution is -2.14. The van der Waals surface area contributed by atoms with Gasteiger partial charge in [-0.2, -0.15) is 5.10 Å².